The zero-order chi connectivity index (χ0) is 14.8. The van der Waals surface area contributed by atoms with Crippen molar-refractivity contribution in [3.05, 3.63) is 47.5 Å². The highest BCUT2D eigenvalue weighted by Crippen LogP contribution is 2.36. The predicted octanol–water partition coefficient (Wildman–Crippen LogP) is 3.97. The first-order chi connectivity index (χ1) is 10.2. The van der Waals surface area contributed by atoms with Gasteiger partial charge in [-0.05, 0) is 12.1 Å². The Labute approximate surface area is 127 Å². The van der Waals surface area contributed by atoms with Gasteiger partial charge in [0.2, 0.25) is 5.88 Å². The fourth-order valence-electron chi connectivity index (χ4n) is 2.14. The minimum absolute atomic E-state index is 0.452. The molecule has 3 aromatic rings. The van der Waals surface area contributed by atoms with Crippen molar-refractivity contribution in [2.45, 2.75) is 0 Å². The predicted molar refractivity (Wildman–Crippen MR) is 83.1 cm³/mol. The Kier molecular flexibility index (Phi) is 3.62. The van der Waals surface area contributed by atoms with Crippen molar-refractivity contribution in [2.75, 3.05) is 14.2 Å². The number of fused-ring (bicyclic) bond motifs is 1. The highest BCUT2D eigenvalue weighted by atomic mass is 35.5. The lowest BCUT2D eigenvalue weighted by molar-refractivity contribution is 0.402. The molecular weight excluding hydrogens is 288 g/mol. The molecule has 106 valence electrons. The molecule has 21 heavy (non-hydrogen) atoms. The van der Waals surface area contributed by atoms with Crippen LogP contribution < -0.4 is 9.47 Å². The molecule has 0 N–H and O–H groups in total. The van der Waals surface area contributed by atoms with Crippen molar-refractivity contribution in [1.82, 2.24) is 9.97 Å². The van der Waals surface area contributed by atoms with Gasteiger partial charge >= 0.3 is 0 Å². The van der Waals surface area contributed by atoms with Gasteiger partial charge in [0, 0.05) is 5.56 Å². The molecule has 0 aliphatic heterocycles. The standard InChI is InChI=1S/C16H13ClN2O2/c1-20-12-9-8-11-14(13(12)17)18-15(19-16(11)21-2)10-6-4-3-5-7-10/h3-9H,1-2H3. The lowest BCUT2D eigenvalue weighted by atomic mass is 10.2. The molecule has 1 heterocycles. The van der Waals surface area contributed by atoms with Crippen LogP contribution in [0.15, 0.2) is 42.5 Å². The molecule has 5 heteroatoms. The maximum absolute atomic E-state index is 6.36. The minimum atomic E-state index is 0.452. The maximum Gasteiger partial charge on any atom is 0.224 e. The van der Waals surface area contributed by atoms with Gasteiger partial charge < -0.3 is 9.47 Å². The monoisotopic (exact) mass is 300 g/mol. The molecule has 0 saturated carbocycles. The quantitative estimate of drug-likeness (QED) is 0.734. The van der Waals surface area contributed by atoms with E-state index in [4.69, 9.17) is 21.1 Å². The Morgan fingerprint density at radius 1 is 0.905 bits per heavy atom. The largest absolute Gasteiger partial charge is 0.495 e. The van der Waals surface area contributed by atoms with Crippen molar-refractivity contribution in [2.24, 2.45) is 0 Å². The number of nitrogens with zero attached hydrogens (tertiary/aromatic N) is 2. The molecule has 1 aromatic heterocycles. The lowest BCUT2D eigenvalue weighted by Gasteiger charge is -2.10. The van der Waals surface area contributed by atoms with Crippen molar-refractivity contribution < 1.29 is 9.47 Å². The van der Waals surface area contributed by atoms with Gasteiger partial charge in [-0.3, -0.25) is 0 Å². The van der Waals surface area contributed by atoms with E-state index >= 15 is 0 Å². The molecule has 0 fully saturated rings. The van der Waals surface area contributed by atoms with Crippen molar-refractivity contribution in [1.29, 1.82) is 0 Å². The van der Waals surface area contributed by atoms with E-state index in [1.54, 1.807) is 20.3 Å². The molecule has 0 aliphatic rings. The van der Waals surface area contributed by atoms with Crippen LogP contribution in [0.2, 0.25) is 5.02 Å². The number of ether oxygens (including phenoxy) is 2. The van der Waals surface area contributed by atoms with E-state index in [-0.39, 0.29) is 0 Å². The topological polar surface area (TPSA) is 44.2 Å². The van der Waals surface area contributed by atoms with Crippen LogP contribution in [0.4, 0.5) is 0 Å². The summed E-state index contributed by atoms with van der Waals surface area (Å²) in [6.45, 7) is 0. The summed E-state index contributed by atoms with van der Waals surface area (Å²) in [5, 5.41) is 1.20. The molecular formula is C16H13ClN2O2. The normalized spacial score (nSPS) is 10.6. The first-order valence-electron chi connectivity index (χ1n) is 6.38. The van der Waals surface area contributed by atoms with Crippen LogP contribution in [-0.4, -0.2) is 24.2 Å². The molecule has 4 nitrogen and oxygen atoms in total. The average Bonchev–Trinajstić information content (AvgIpc) is 2.55. The number of halogens is 1. The van der Waals surface area contributed by atoms with E-state index in [2.05, 4.69) is 9.97 Å². The third kappa shape index (κ3) is 2.38. The van der Waals surface area contributed by atoms with Crippen LogP contribution in [0.25, 0.3) is 22.3 Å². The number of benzene rings is 2. The summed E-state index contributed by atoms with van der Waals surface area (Å²) < 4.78 is 10.6. The molecule has 0 atom stereocenters. The third-order valence-electron chi connectivity index (χ3n) is 3.18. The van der Waals surface area contributed by atoms with Crippen LogP contribution in [0.5, 0.6) is 11.6 Å². The molecule has 0 saturated heterocycles. The van der Waals surface area contributed by atoms with E-state index in [9.17, 15) is 0 Å². The number of hydrogen-bond acceptors (Lipinski definition) is 4. The van der Waals surface area contributed by atoms with Gasteiger partial charge in [0.15, 0.2) is 5.82 Å². The highest BCUT2D eigenvalue weighted by Gasteiger charge is 2.15. The van der Waals surface area contributed by atoms with E-state index < -0.39 is 0 Å². The van der Waals surface area contributed by atoms with Gasteiger partial charge in [-0.2, -0.15) is 4.98 Å². The zero-order valence-electron chi connectivity index (χ0n) is 11.6. The third-order valence-corrected chi connectivity index (χ3v) is 3.55. The average molecular weight is 301 g/mol. The SMILES string of the molecule is COc1ccc2c(OC)nc(-c3ccccc3)nc2c1Cl. The van der Waals surface area contributed by atoms with Crippen molar-refractivity contribution >= 4 is 22.5 Å². The van der Waals surface area contributed by atoms with Crippen LogP contribution in [0, 0.1) is 0 Å². The summed E-state index contributed by atoms with van der Waals surface area (Å²) in [7, 11) is 3.15. The van der Waals surface area contributed by atoms with Crippen LogP contribution in [0.3, 0.4) is 0 Å². The fourth-order valence-corrected chi connectivity index (χ4v) is 2.43. The fraction of sp³-hybridized carbons (Fsp3) is 0.125. The van der Waals surface area contributed by atoms with E-state index in [0.717, 1.165) is 10.9 Å². The van der Waals surface area contributed by atoms with E-state index in [0.29, 0.717) is 28.0 Å². The summed E-state index contributed by atoms with van der Waals surface area (Å²) in [4.78, 5) is 9.01. The van der Waals surface area contributed by atoms with Gasteiger partial charge in [-0.25, -0.2) is 4.98 Å². The summed E-state index contributed by atoms with van der Waals surface area (Å²) in [5.74, 6) is 1.63. The van der Waals surface area contributed by atoms with Gasteiger partial charge in [0.25, 0.3) is 0 Å². The Morgan fingerprint density at radius 2 is 1.67 bits per heavy atom. The van der Waals surface area contributed by atoms with Crippen molar-refractivity contribution in [3.8, 4) is 23.0 Å². The van der Waals surface area contributed by atoms with Crippen LogP contribution in [0.1, 0.15) is 0 Å². The molecule has 0 unspecified atom stereocenters. The first-order valence-corrected chi connectivity index (χ1v) is 6.76. The smallest absolute Gasteiger partial charge is 0.224 e. The first kappa shape index (κ1) is 13.6. The Balaban J connectivity index is 2.31. The highest BCUT2D eigenvalue weighted by molar-refractivity contribution is 6.36. The number of rotatable bonds is 3. The summed E-state index contributed by atoms with van der Waals surface area (Å²) in [6, 6.07) is 13.3. The summed E-state index contributed by atoms with van der Waals surface area (Å²) in [6.07, 6.45) is 0. The second-order valence-electron chi connectivity index (χ2n) is 4.40. The van der Waals surface area contributed by atoms with Gasteiger partial charge in [-0.15, -0.1) is 0 Å². The molecule has 3 rings (SSSR count). The molecule has 0 spiro atoms. The number of methoxy groups -OCH3 is 2. The van der Waals surface area contributed by atoms with E-state index in [1.165, 1.54) is 0 Å². The van der Waals surface area contributed by atoms with Crippen LogP contribution >= 0.6 is 11.6 Å². The lowest BCUT2D eigenvalue weighted by Crippen LogP contribution is -1.97. The Hall–Kier alpha value is -2.33. The van der Waals surface area contributed by atoms with Crippen LogP contribution in [-0.2, 0) is 0 Å². The van der Waals surface area contributed by atoms with Gasteiger partial charge in [0.1, 0.15) is 16.3 Å². The molecule has 2 aromatic carbocycles. The number of hydrogen-bond donors (Lipinski definition) is 0. The Bertz CT molecular complexity index is 791. The summed E-state index contributed by atoms with van der Waals surface area (Å²) in [5.41, 5.74) is 1.51. The summed E-state index contributed by atoms with van der Waals surface area (Å²) >= 11 is 6.36. The maximum atomic E-state index is 6.36. The minimum Gasteiger partial charge on any atom is -0.495 e. The van der Waals surface area contributed by atoms with E-state index in [1.807, 2.05) is 36.4 Å². The molecule has 0 bridgehead atoms. The molecule has 0 amide bonds. The van der Waals surface area contributed by atoms with Gasteiger partial charge in [0.05, 0.1) is 19.6 Å². The molecule has 0 radical (unpaired) electrons. The van der Waals surface area contributed by atoms with Crippen molar-refractivity contribution in [3.63, 3.8) is 0 Å². The zero-order valence-corrected chi connectivity index (χ0v) is 12.4. The number of aromatic nitrogens is 2. The van der Waals surface area contributed by atoms with Gasteiger partial charge in [-0.1, -0.05) is 41.9 Å². The second kappa shape index (κ2) is 5.58. The Morgan fingerprint density at radius 3 is 2.33 bits per heavy atom. The molecule has 0 aliphatic carbocycles. The second-order valence-corrected chi connectivity index (χ2v) is 4.78.